The largest absolute Gasteiger partial charge is 0.451 e. The maximum atomic E-state index is 12.3. The molecule has 2 aromatic carbocycles. The van der Waals surface area contributed by atoms with Gasteiger partial charge in [-0.3, -0.25) is 9.89 Å². The number of amides is 1. The Morgan fingerprint density at radius 3 is 2.95 bits per heavy atom. The second-order valence-corrected chi connectivity index (χ2v) is 5.78. The highest BCUT2D eigenvalue weighted by molar-refractivity contribution is 9.10. The zero-order valence-corrected chi connectivity index (χ0v) is 12.8. The Balaban J connectivity index is 1.68. The molecule has 22 heavy (non-hydrogen) atoms. The lowest BCUT2D eigenvalue weighted by Gasteiger charge is -1.99. The molecular formula is C16H10BrN3O2. The minimum Gasteiger partial charge on any atom is -0.451 e. The highest BCUT2D eigenvalue weighted by Gasteiger charge is 2.15. The van der Waals surface area contributed by atoms with Gasteiger partial charge in [0.05, 0.1) is 5.52 Å². The van der Waals surface area contributed by atoms with Gasteiger partial charge in [-0.2, -0.15) is 5.10 Å². The van der Waals surface area contributed by atoms with Crippen molar-refractivity contribution in [2.45, 2.75) is 0 Å². The Kier molecular flexibility index (Phi) is 2.97. The zero-order chi connectivity index (χ0) is 15.1. The third-order valence-electron chi connectivity index (χ3n) is 3.41. The molecule has 4 aromatic rings. The average molecular weight is 356 g/mol. The van der Waals surface area contributed by atoms with E-state index < -0.39 is 0 Å². The van der Waals surface area contributed by atoms with Crippen molar-refractivity contribution in [1.82, 2.24) is 10.2 Å². The number of fused-ring (bicyclic) bond motifs is 2. The predicted molar refractivity (Wildman–Crippen MR) is 88.0 cm³/mol. The van der Waals surface area contributed by atoms with Crippen molar-refractivity contribution in [1.29, 1.82) is 0 Å². The average Bonchev–Trinajstić information content (AvgIpc) is 3.11. The van der Waals surface area contributed by atoms with Crippen LogP contribution in [0, 0.1) is 0 Å². The number of benzene rings is 2. The number of halogens is 1. The first-order valence-corrected chi connectivity index (χ1v) is 7.43. The van der Waals surface area contributed by atoms with Crippen molar-refractivity contribution in [2.24, 2.45) is 0 Å². The minimum atomic E-state index is -0.329. The SMILES string of the molecule is O=C(Nc1n[nH]c2ccccc12)c1cc2ccc(Br)cc2o1. The zero-order valence-electron chi connectivity index (χ0n) is 11.3. The van der Waals surface area contributed by atoms with Crippen molar-refractivity contribution in [2.75, 3.05) is 5.32 Å². The van der Waals surface area contributed by atoms with Crippen LogP contribution in [-0.2, 0) is 0 Å². The van der Waals surface area contributed by atoms with E-state index in [1.807, 2.05) is 42.5 Å². The van der Waals surface area contributed by atoms with Gasteiger partial charge in [-0.05, 0) is 36.4 Å². The van der Waals surface area contributed by atoms with Crippen LogP contribution in [0.2, 0.25) is 0 Å². The third kappa shape index (κ3) is 2.17. The summed E-state index contributed by atoms with van der Waals surface area (Å²) < 4.78 is 6.49. The van der Waals surface area contributed by atoms with Gasteiger partial charge < -0.3 is 9.73 Å². The van der Waals surface area contributed by atoms with Crippen molar-refractivity contribution in [3.8, 4) is 0 Å². The molecule has 4 rings (SSSR count). The molecule has 0 aliphatic heterocycles. The van der Waals surface area contributed by atoms with Crippen LogP contribution >= 0.6 is 15.9 Å². The third-order valence-corrected chi connectivity index (χ3v) is 3.90. The maximum absolute atomic E-state index is 12.3. The van der Waals surface area contributed by atoms with Gasteiger partial charge in [-0.15, -0.1) is 0 Å². The first-order chi connectivity index (χ1) is 10.7. The first kappa shape index (κ1) is 13.1. The van der Waals surface area contributed by atoms with E-state index in [2.05, 4.69) is 31.4 Å². The number of rotatable bonds is 2. The van der Waals surface area contributed by atoms with Crippen LogP contribution in [-0.4, -0.2) is 16.1 Å². The molecule has 0 saturated heterocycles. The van der Waals surface area contributed by atoms with Gasteiger partial charge in [-0.1, -0.05) is 28.1 Å². The molecule has 0 unspecified atom stereocenters. The topological polar surface area (TPSA) is 70.9 Å². The van der Waals surface area contributed by atoms with E-state index in [4.69, 9.17) is 4.42 Å². The number of aromatic amines is 1. The quantitative estimate of drug-likeness (QED) is 0.562. The highest BCUT2D eigenvalue weighted by atomic mass is 79.9. The van der Waals surface area contributed by atoms with Crippen molar-refractivity contribution < 1.29 is 9.21 Å². The summed E-state index contributed by atoms with van der Waals surface area (Å²) in [4.78, 5) is 12.3. The number of furan rings is 1. The number of hydrogen-bond donors (Lipinski definition) is 2. The molecular weight excluding hydrogens is 346 g/mol. The molecule has 0 spiro atoms. The smallest absolute Gasteiger partial charge is 0.292 e. The Bertz CT molecular complexity index is 1000. The minimum absolute atomic E-state index is 0.250. The highest BCUT2D eigenvalue weighted by Crippen LogP contribution is 2.25. The molecule has 2 heterocycles. The van der Waals surface area contributed by atoms with Crippen LogP contribution < -0.4 is 5.32 Å². The van der Waals surface area contributed by atoms with E-state index in [-0.39, 0.29) is 11.7 Å². The Hall–Kier alpha value is -2.60. The molecule has 6 heteroatoms. The van der Waals surface area contributed by atoms with E-state index in [0.717, 1.165) is 20.8 Å². The maximum Gasteiger partial charge on any atom is 0.292 e. The lowest BCUT2D eigenvalue weighted by molar-refractivity contribution is 0.0998. The number of para-hydroxylation sites is 1. The van der Waals surface area contributed by atoms with Crippen LogP contribution in [0.5, 0.6) is 0 Å². The molecule has 2 aromatic heterocycles. The number of aromatic nitrogens is 2. The summed E-state index contributed by atoms with van der Waals surface area (Å²) in [5, 5.41) is 11.5. The van der Waals surface area contributed by atoms with Crippen LogP contribution in [0.1, 0.15) is 10.6 Å². The summed E-state index contributed by atoms with van der Waals surface area (Å²) in [6.45, 7) is 0. The number of nitrogens with zero attached hydrogens (tertiary/aromatic N) is 1. The van der Waals surface area contributed by atoms with Crippen molar-refractivity contribution in [3.63, 3.8) is 0 Å². The fraction of sp³-hybridized carbons (Fsp3) is 0. The van der Waals surface area contributed by atoms with Gasteiger partial charge in [0.25, 0.3) is 5.91 Å². The van der Waals surface area contributed by atoms with E-state index in [1.54, 1.807) is 6.07 Å². The summed E-state index contributed by atoms with van der Waals surface area (Å²) >= 11 is 3.38. The number of nitrogens with one attached hydrogen (secondary N) is 2. The molecule has 2 N–H and O–H groups in total. The fourth-order valence-corrected chi connectivity index (χ4v) is 2.68. The molecule has 108 valence electrons. The normalized spacial score (nSPS) is 11.1. The number of H-pyrrole nitrogens is 1. The Morgan fingerprint density at radius 1 is 1.18 bits per heavy atom. The number of carbonyl (C=O) groups is 1. The number of carbonyl (C=O) groups excluding carboxylic acids is 1. The second-order valence-electron chi connectivity index (χ2n) is 4.86. The molecule has 0 saturated carbocycles. The van der Waals surface area contributed by atoms with Gasteiger partial charge in [0, 0.05) is 15.2 Å². The molecule has 0 atom stereocenters. The van der Waals surface area contributed by atoms with Crippen LogP contribution in [0.3, 0.4) is 0 Å². The van der Waals surface area contributed by atoms with Gasteiger partial charge in [0.15, 0.2) is 11.6 Å². The molecule has 0 aliphatic carbocycles. The van der Waals surface area contributed by atoms with Crippen LogP contribution in [0.15, 0.2) is 57.4 Å². The van der Waals surface area contributed by atoms with Gasteiger partial charge in [0.2, 0.25) is 0 Å². The summed E-state index contributed by atoms with van der Waals surface area (Å²) in [6.07, 6.45) is 0. The van der Waals surface area contributed by atoms with Crippen molar-refractivity contribution >= 4 is 49.5 Å². The molecule has 0 aliphatic rings. The number of hydrogen-bond acceptors (Lipinski definition) is 3. The summed E-state index contributed by atoms with van der Waals surface area (Å²) in [6, 6.07) is 14.9. The monoisotopic (exact) mass is 355 g/mol. The van der Waals surface area contributed by atoms with E-state index >= 15 is 0 Å². The van der Waals surface area contributed by atoms with E-state index in [0.29, 0.717) is 11.4 Å². The van der Waals surface area contributed by atoms with E-state index in [1.165, 1.54) is 0 Å². The second kappa shape index (κ2) is 4.99. The lowest BCUT2D eigenvalue weighted by atomic mass is 10.2. The molecule has 0 bridgehead atoms. The predicted octanol–water partition coefficient (Wildman–Crippen LogP) is 4.32. The Labute approximate surface area is 133 Å². The van der Waals surface area contributed by atoms with Crippen molar-refractivity contribution in [3.05, 3.63) is 58.8 Å². The van der Waals surface area contributed by atoms with Crippen LogP contribution in [0.4, 0.5) is 5.82 Å². The molecule has 5 nitrogen and oxygen atoms in total. The lowest BCUT2D eigenvalue weighted by Crippen LogP contribution is -2.11. The standard InChI is InChI=1S/C16H10BrN3O2/c17-10-6-5-9-7-14(22-13(9)8-10)16(21)18-15-11-3-1-2-4-12(11)19-20-15/h1-8H,(H2,18,19,20,21). The van der Waals surface area contributed by atoms with Gasteiger partial charge >= 0.3 is 0 Å². The molecule has 0 radical (unpaired) electrons. The molecule has 1 amide bonds. The molecule has 0 fully saturated rings. The van der Waals surface area contributed by atoms with Crippen LogP contribution in [0.25, 0.3) is 21.9 Å². The summed E-state index contributed by atoms with van der Waals surface area (Å²) in [5.74, 6) is 0.409. The summed E-state index contributed by atoms with van der Waals surface area (Å²) in [7, 11) is 0. The van der Waals surface area contributed by atoms with Gasteiger partial charge in [-0.25, -0.2) is 0 Å². The number of anilines is 1. The first-order valence-electron chi connectivity index (χ1n) is 6.64. The summed E-state index contributed by atoms with van der Waals surface area (Å²) in [5.41, 5.74) is 1.53. The van der Waals surface area contributed by atoms with E-state index in [9.17, 15) is 4.79 Å². The Morgan fingerprint density at radius 2 is 2.05 bits per heavy atom. The van der Waals surface area contributed by atoms with Gasteiger partial charge in [0.1, 0.15) is 5.58 Å². The fourth-order valence-electron chi connectivity index (χ4n) is 2.34.